The number of hydrogen-bond donors (Lipinski definition) is 1. The topological polar surface area (TPSA) is 98.3 Å². The molecule has 0 saturated heterocycles. The number of rotatable bonds is 4. The first kappa shape index (κ1) is 11.2. The molecule has 0 bridgehead atoms. The van der Waals surface area contributed by atoms with Crippen LogP contribution in [0.4, 0.5) is 5.82 Å². The summed E-state index contributed by atoms with van der Waals surface area (Å²) < 4.78 is 1.38. The van der Waals surface area contributed by atoms with Crippen LogP contribution in [0, 0.1) is 10.1 Å². The van der Waals surface area contributed by atoms with Crippen LogP contribution < -0.4 is 0 Å². The minimum Gasteiger partial charge on any atom is -0.481 e. The highest BCUT2D eigenvalue weighted by Crippen LogP contribution is 2.27. The van der Waals surface area contributed by atoms with Gasteiger partial charge in [-0.05, 0) is 16.3 Å². The number of hydrogen-bond acceptors (Lipinski definition) is 4. The summed E-state index contributed by atoms with van der Waals surface area (Å²) in [6.45, 7) is 1.66. The van der Waals surface area contributed by atoms with Crippen LogP contribution in [0.3, 0.4) is 0 Å². The van der Waals surface area contributed by atoms with Crippen molar-refractivity contribution in [3.8, 4) is 0 Å². The Balaban J connectivity index is 3.26. The molecule has 0 aliphatic rings. The zero-order valence-electron chi connectivity index (χ0n) is 8.38. The molecule has 0 radical (unpaired) electrons. The van der Waals surface area contributed by atoms with Crippen LogP contribution in [0.1, 0.15) is 25.0 Å². The van der Waals surface area contributed by atoms with Gasteiger partial charge in [0.2, 0.25) is 6.33 Å². The Morgan fingerprint density at radius 1 is 1.80 bits per heavy atom. The number of nitro groups is 1. The Bertz CT molecular complexity index is 399. The maximum Gasteiger partial charge on any atom is 0.385 e. The van der Waals surface area contributed by atoms with Gasteiger partial charge in [-0.15, -0.1) is 0 Å². The first-order valence-corrected chi connectivity index (χ1v) is 4.37. The van der Waals surface area contributed by atoms with E-state index in [1.165, 1.54) is 10.9 Å². The Hall–Kier alpha value is -1.92. The van der Waals surface area contributed by atoms with E-state index in [2.05, 4.69) is 4.98 Å². The number of aromatic nitrogens is 2. The van der Waals surface area contributed by atoms with Crippen LogP contribution in [0.5, 0.6) is 0 Å². The zero-order chi connectivity index (χ0) is 11.6. The lowest BCUT2D eigenvalue weighted by molar-refractivity contribution is -0.390. The number of carboxylic acids is 1. The van der Waals surface area contributed by atoms with E-state index < -0.39 is 16.8 Å². The minimum atomic E-state index is -1.08. The number of aryl methyl sites for hydroxylation is 1. The van der Waals surface area contributed by atoms with Crippen LogP contribution in [0.15, 0.2) is 6.33 Å². The predicted molar refractivity (Wildman–Crippen MR) is 50.5 cm³/mol. The molecular weight excluding hydrogens is 202 g/mol. The van der Waals surface area contributed by atoms with Gasteiger partial charge in [-0.25, -0.2) is 0 Å². The summed E-state index contributed by atoms with van der Waals surface area (Å²) >= 11 is 0. The third-order valence-corrected chi connectivity index (χ3v) is 2.17. The molecule has 0 aromatic carbocycles. The fourth-order valence-electron chi connectivity index (χ4n) is 1.45. The maximum absolute atomic E-state index is 10.9. The predicted octanol–water partition coefficient (Wildman–Crippen LogP) is 0.906. The van der Waals surface area contributed by atoms with Crippen molar-refractivity contribution in [1.29, 1.82) is 0 Å². The van der Waals surface area contributed by atoms with E-state index in [-0.39, 0.29) is 17.9 Å². The largest absolute Gasteiger partial charge is 0.481 e. The van der Waals surface area contributed by atoms with Gasteiger partial charge in [0, 0.05) is 7.05 Å². The second-order valence-corrected chi connectivity index (χ2v) is 3.12. The lowest BCUT2D eigenvalue weighted by Gasteiger charge is -2.09. The van der Waals surface area contributed by atoms with Crippen molar-refractivity contribution in [3.63, 3.8) is 0 Å². The van der Waals surface area contributed by atoms with Crippen LogP contribution in [-0.2, 0) is 11.8 Å². The van der Waals surface area contributed by atoms with Gasteiger partial charge in [0.1, 0.15) is 11.6 Å². The van der Waals surface area contributed by atoms with Gasteiger partial charge in [-0.2, -0.15) is 0 Å². The minimum absolute atomic E-state index is 0.134. The van der Waals surface area contributed by atoms with Crippen molar-refractivity contribution in [2.45, 2.75) is 19.3 Å². The Morgan fingerprint density at radius 2 is 2.40 bits per heavy atom. The molecule has 7 heteroatoms. The summed E-state index contributed by atoms with van der Waals surface area (Å²) in [6, 6.07) is 0. The van der Waals surface area contributed by atoms with Gasteiger partial charge in [0.15, 0.2) is 0 Å². The van der Waals surface area contributed by atoms with Gasteiger partial charge in [0.25, 0.3) is 0 Å². The molecule has 0 amide bonds. The molecule has 0 aliphatic heterocycles. The van der Waals surface area contributed by atoms with Gasteiger partial charge < -0.3 is 19.8 Å². The fourth-order valence-corrected chi connectivity index (χ4v) is 1.45. The molecule has 15 heavy (non-hydrogen) atoms. The average Bonchev–Trinajstić information content (AvgIpc) is 2.49. The highest BCUT2D eigenvalue weighted by atomic mass is 16.6. The molecule has 0 fully saturated rings. The van der Waals surface area contributed by atoms with Crippen molar-refractivity contribution >= 4 is 11.8 Å². The van der Waals surface area contributed by atoms with Gasteiger partial charge in [-0.3, -0.25) is 4.79 Å². The van der Waals surface area contributed by atoms with Crippen molar-refractivity contribution in [3.05, 3.63) is 22.1 Å². The third kappa shape index (κ3) is 1.95. The number of carbonyl (C=O) groups is 1. The summed E-state index contributed by atoms with van der Waals surface area (Å²) in [5, 5.41) is 19.5. The number of nitrogens with zero attached hydrogens (tertiary/aromatic N) is 3. The third-order valence-electron chi connectivity index (χ3n) is 2.17. The summed E-state index contributed by atoms with van der Waals surface area (Å²) in [5.41, 5.74) is 0.134. The SMILES string of the molecule is CCC(C(=O)O)c1c([N+](=O)[O-])ncn1C. The summed E-state index contributed by atoms with van der Waals surface area (Å²) in [5.74, 6) is -2.35. The summed E-state index contributed by atoms with van der Waals surface area (Å²) in [7, 11) is 1.54. The summed E-state index contributed by atoms with van der Waals surface area (Å²) in [6.07, 6.45) is 1.54. The smallest absolute Gasteiger partial charge is 0.385 e. The Kier molecular flexibility index (Phi) is 3.03. The average molecular weight is 213 g/mol. The lowest BCUT2D eigenvalue weighted by atomic mass is 10.0. The first-order chi connectivity index (χ1) is 6.99. The van der Waals surface area contributed by atoms with E-state index in [9.17, 15) is 14.9 Å². The number of aliphatic carboxylic acids is 1. The van der Waals surface area contributed by atoms with Crippen LogP contribution in [-0.4, -0.2) is 25.6 Å². The second-order valence-electron chi connectivity index (χ2n) is 3.12. The standard InChI is InChI=1S/C8H11N3O4/c1-3-5(8(12)13)6-7(11(14)15)9-4-10(6)2/h4-5H,3H2,1-2H3,(H,12,13). The fraction of sp³-hybridized carbons (Fsp3) is 0.500. The van der Waals surface area contributed by atoms with E-state index in [0.717, 1.165) is 0 Å². The molecule has 7 nitrogen and oxygen atoms in total. The molecule has 1 aromatic rings. The molecule has 1 unspecified atom stereocenters. The van der Waals surface area contributed by atoms with Crippen molar-refractivity contribution in [1.82, 2.24) is 9.55 Å². The normalized spacial score (nSPS) is 12.4. The molecule has 1 heterocycles. The molecule has 82 valence electrons. The number of imidazole rings is 1. The molecule has 0 aliphatic carbocycles. The van der Waals surface area contributed by atoms with Crippen molar-refractivity contribution in [2.24, 2.45) is 7.05 Å². The quantitative estimate of drug-likeness (QED) is 0.592. The van der Waals surface area contributed by atoms with Gasteiger partial charge >= 0.3 is 11.8 Å². The molecule has 0 spiro atoms. The molecule has 1 N–H and O–H groups in total. The highest BCUT2D eigenvalue weighted by molar-refractivity contribution is 5.76. The van der Waals surface area contributed by atoms with E-state index in [0.29, 0.717) is 0 Å². The highest BCUT2D eigenvalue weighted by Gasteiger charge is 2.31. The monoisotopic (exact) mass is 213 g/mol. The molecule has 1 atom stereocenters. The second kappa shape index (κ2) is 4.07. The van der Waals surface area contributed by atoms with E-state index in [1.807, 2.05) is 0 Å². The summed E-state index contributed by atoms with van der Waals surface area (Å²) in [4.78, 5) is 24.4. The molecular formula is C8H11N3O4. The zero-order valence-corrected chi connectivity index (χ0v) is 8.38. The first-order valence-electron chi connectivity index (χ1n) is 4.37. The van der Waals surface area contributed by atoms with Crippen molar-refractivity contribution < 1.29 is 14.8 Å². The molecule has 1 aromatic heterocycles. The van der Waals surface area contributed by atoms with Crippen LogP contribution in [0.2, 0.25) is 0 Å². The van der Waals surface area contributed by atoms with E-state index in [4.69, 9.17) is 5.11 Å². The maximum atomic E-state index is 10.9. The molecule has 1 rings (SSSR count). The van der Waals surface area contributed by atoms with E-state index in [1.54, 1.807) is 14.0 Å². The lowest BCUT2D eigenvalue weighted by Crippen LogP contribution is -2.15. The van der Waals surface area contributed by atoms with E-state index >= 15 is 0 Å². The van der Waals surface area contributed by atoms with Crippen LogP contribution >= 0.6 is 0 Å². The Labute approximate surface area is 85.5 Å². The van der Waals surface area contributed by atoms with Crippen LogP contribution in [0.25, 0.3) is 0 Å². The number of carboxylic acid groups (broad SMARTS) is 1. The van der Waals surface area contributed by atoms with Crippen molar-refractivity contribution in [2.75, 3.05) is 0 Å². The van der Waals surface area contributed by atoms with Gasteiger partial charge in [-0.1, -0.05) is 6.92 Å². The van der Waals surface area contributed by atoms with Gasteiger partial charge in [0.05, 0.1) is 0 Å². The molecule has 0 saturated carbocycles. The Morgan fingerprint density at radius 3 is 2.80 bits per heavy atom.